The fourth-order valence-corrected chi connectivity index (χ4v) is 3.56. The normalized spacial score (nSPS) is 15.6. The van der Waals surface area contributed by atoms with E-state index in [9.17, 15) is 21.6 Å². The van der Waals surface area contributed by atoms with E-state index < -0.39 is 32.3 Å². The van der Waals surface area contributed by atoms with E-state index in [0.717, 1.165) is 23.6 Å². The second kappa shape index (κ2) is 5.75. The van der Waals surface area contributed by atoms with Crippen LogP contribution in [0.15, 0.2) is 41.6 Å². The van der Waals surface area contributed by atoms with Crippen LogP contribution in [0.1, 0.15) is 30.4 Å². The molecule has 0 fully saturated rings. The quantitative estimate of drug-likeness (QED) is 0.917. The number of sulfonamides is 1. The molecule has 3 rings (SSSR count). The first-order chi connectivity index (χ1) is 11.2. The van der Waals surface area contributed by atoms with E-state index in [1.54, 1.807) is 0 Å². The zero-order chi connectivity index (χ0) is 17.5. The SMILES string of the molecule is NS(=O)(=O)c1cc(C2=CCCC2)cc(C(F)(F)F)c1-n1cccn1. The number of halogens is 3. The Morgan fingerprint density at radius 3 is 2.50 bits per heavy atom. The van der Waals surface area contributed by atoms with Crippen molar-refractivity contribution in [3.8, 4) is 5.69 Å². The first-order valence-electron chi connectivity index (χ1n) is 7.15. The molecule has 2 N–H and O–H groups in total. The van der Waals surface area contributed by atoms with Gasteiger partial charge in [-0.2, -0.15) is 18.3 Å². The smallest absolute Gasteiger partial charge is 0.239 e. The van der Waals surface area contributed by atoms with Gasteiger partial charge in [-0.3, -0.25) is 0 Å². The summed E-state index contributed by atoms with van der Waals surface area (Å²) >= 11 is 0. The third-order valence-electron chi connectivity index (χ3n) is 3.83. The lowest BCUT2D eigenvalue weighted by Gasteiger charge is -2.18. The number of alkyl halides is 3. The third kappa shape index (κ3) is 3.09. The molecule has 9 heteroatoms. The van der Waals surface area contributed by atoms with Crippen LogP contribution < -0.4 is 5.14 Å². The molecule has 0 spiro atoms. The zero-order valence-corrected chi connectivity index (χ0v) is 13.2. The molecule has 24 heavy (non-hydrogen) atoms. The molecule has 0 saturated carbocycles. The van der Waals surface area contributed by atoms with Crippen LogP contribution in [-0.2, 0) is 16.2 Å². The van der Waals surface area contributed by atoms with Gasteiger partial charge in [-0.1, -0.05) is 6.08 Å². The van der Waals surface area contributed by atoms with Gasteiger partial charge in [-0.05, 0) is 48.6 Å². The molecule has 1 aromatic heterocycles. The van der Waals surface area contributed by atoms with E-state index in [4.69, 9.17) is 5.14 Å². The average molecular weight is 357 g/mol. The number of primary sulfonamides is 1. The second-order valence-electron chi connectivity index (χ2n) is 5.49. The lowest BCUT2D eigenvalue weighted by molar-refractivity contribution is -0.137. The molecule has 0 bridgehead atoms. The molecule has 2 aromatic rings. The Labute approximate surface area is 136 Å². The molecule has 1 aliphatic rings. The summed E-state index contributed by atoms with van der Waals surface area (Å²) in [6, 6.07) is 3.56. The average Bonchev–Trinajstić information content (AvgIpc) is 3.17. The highest BCUT2D eigenvalue weighted by atomic mass is 32.2. The molecule has 1 aliphatic carbocycles. The maximum Gasteiger partial charge on any atom is 0.418 e. The summed E-state index contributed by atoms with van der Waals surface area (Å²) in [5, 5.41) is 8.93. The molecule has 0 amide bonds. The van der Waals surface area contributed by atoms with Crippen LogP contribution in [0, 0.1) is 0 Å². The summed E-state index contributed by atoms with van der Waals surface area (Å²) in [5.41, 5.74) is -0.755. The van der Waals surface area contributed by atoms with Crippen LogP contribution >= 0.6 is 0 Å². The minimum Gasteiger partial charge on any atom is -0.239 e. The monoisotopic (exact) mass is 357 g/mol. The topological polar surface area (TPSA) is 78.0 Å². The molecule has 0 atom stereocenters. The Balaban J connectivity index is 2.38. The van der Waals surface area contributed by atoms with E-state index in [2.05, 4.69) is 5.10 Å². The van der Waals surface area contributed by atoms with Gasteiger partial charge >= 0.3 is 6.18 Å². The summed E-state index contributed by atoms with van der Waals surface area (Å²) in [6.07, 6.45) is 1.74. The number of aromatic nitrogens is 2. The standard InChI is InChI=1S/C15H14F3N3O2S/c16-15(17,18)12-8-11(10-4-1-2-5-10)9-13(24(19,22)23)14(12)21-7-3-6-20-21/h3-4,6-9H,1-2,5H2,(H2,19,22,23). The fraction of sp³-hybridized carbons (Fsp3) is 0.267. The maximum atomic E-state index is 13.6. The van der Waals surface area contributed by atoms with Gasteiger partial charge in [0.1, 0.15) is 4.90 Å². The first kappa shape index (κ1) is 16.7. The molecule has 128 valence electrons. The predicted molar refractivity (Wildman–Crippen MR) is 81.8 cm³/mol. The van der Waals surface area contributed by atoms with Crippen molar-refractivity contribution in [2.75, 3.05) is 0 Å². The van der Waals surface area contributed by atoms with E-state index in [0.29, 0.717) is 12.0 Å². The number of nitrogens with two attached hydrogens (primary N) is 1. The van der Waals surface area contributed by atoms with Gasteiger partial charge in [-0.25, -0.2) is 18.2 Å². The van der Waals surface area contributed by atoms with Gasteiger partial charge in [0.2, 0.25) is 10.0 Å². The van der Waals surface area contributed by atoms with Crippen molar-refractivity contribution in [2.24, 2.45) is 5.14 Å². The molecule has 0 unspecified atom stereocenters. The van der Waals surface area contributed by atoms with Gasteiger partial charge in [0, 0.05) is 12.4 Å². The number of benzene rings is 1. The molecule has 1 aromatic carbocycles. The Morgan fingerprint density at radius 1 is 1.25 bits per heavy atom. The van der Waals surface area contributed by atoms with Gasteiger partial charge < -0.3 is 0 Å². The van der Waals surface area contributed by atoms with Crippen molar-refractivity contribution in [2.45, 2.75) is 30.3 Å². The number of hydrogen-bond acceptors (Lipinski definition) is 3. The van der Waals surface area contributed by atoms with Crippen molar-refractivity contribution >= 4 is 15.6 Å². The predicted octanol–water partition coefficient (Wildman–Crippen LogP) is 3.11. The fourth-order valence-electron chi connectivity index (χ4n) is 2.80. The zero-order valence-electron chi connectivity index (χ0n) is 12.4. The van der Waals surface area contributed by atoms with Gasteiger partial charge in [0.15, 0.2) is 0 Å². The van der Waals surface area contributed by atoms with Gasteiger partial charge in [0.25, 0.3) is 0 Å². The summed E-state index contributed by atoms with van der Waals surface area (Å²) in [5.74, 6) is 0. The number of allylic oxidation sites excluding steroid dienone is 2. The third-order valence-corrected chi connectivity index (χ3v) is 4.76. The van der Waals surface area contributed by atoms with Crippen LogP contribution in [-0.4, -0.2) is 18.2 Å². The number of rotatable bonds is 3. The Morgan fingerprint density at radius 2 is 2.00 bits per heavy atom. The summed E-state index contributed by atoms with van der Waals surface area (Å²) < 4.78 is 65.5. The van der Waals surface area contributed by atoms with Crippen molar-refractivity contribution < 1.29 is 21.6 Å². The molecule has 0 aliphatic heterocycles. The van der Waals surface area contributed by atoms with E-state index in [1.165, 1.54) is 24.5 Å². The van der Waals surface area contributed by atoms with Crippen molar-refractivity contribution in [1.82, 2.24) is 9.78 Å². The van der Waals surface area contributed by atoms with E-state index in [1.807, 2.05) is 6.08 Å². The van der Waals surface area contributed by atoms with E-state index >= 15 is 0 Å². The molecular formula is C15H14F3N3O2S. The van der Waals surface area contributed by atoms with E-state index in [-0.39, 0.29) is 5.56 Å². The van der Waals surface area contributed by atoms with Crippen LogP contribution in [0.4, 0.5) is 13.2 Å². The maximum absolute atomic E-state index is 13.6. The number of nitrogens with zero attached hydrogens (tertiary/aromatic N) is 2. The van der Waals surface area contributed by atoms with Crippen LogP contribution in [0.25, 0.3) is 11.3 Å². The van der Waals surface area contributed by atoms with Crippen LogP contribution in [0.3, 0.4) is 0 Å². The summed E-state index contributed by atoms with van der Waals surface area (Å²) in [6.45, 7) is 0. The number of hydrogen-bond donors (Lipinski definition) is 1. The molecular weight excluding hydrogens is 343 g/mol. The van der Waals surface area contributed by atoms with Crippen molar-refractivity contribution in [1.29, 1.82) is 0 Å². The van der Waals surface area contributed by atoms with Crippen LogP contribution in [0.2, 0.25) is 0 Å². The molecule has 0 saturated heterocycles. The van der Waals surface area contributed by atoms with Crippen molar-refractivity contribution in [3.05, 3.63) is 47.8 Å². The summed E-state index contributed by atoms with van der Waals surface area (Å²) in [7, 11) is -4.38. The highest BCUT2D eigenvalue weighted by Crippen LogP contribution is 2.40. The first-order valence-corrected chi connectivity index (χ1v) is 8.70. The second-order valence-corrected chi connectivity index (χ2v) is 7.02. The minimum atomic E-state index is -4.75. The van der Waals surface area contributed by atoms with Gasteiger partial charge in [0.05, 0.1) is 11.3 Å². The highest BCUT2D eigenvalue weighted by Gasteiger charge is 2.38. The highest BCUT2D eigenvalue weighted by molar-refractivity contribution is 7.89. The van der Waals surface area contributed by atoms with Gasteiger partial charge in [-0.15, -0.1) is 0 Å². The summed E-state index contributed by atoms with van der Waals surface area (Å²) in [4.78, 5) is -0.594. The largest absolute Gasteiger partial charge is 0.418 e. The van der Waals surface area contributed by atoms with Crippen LogP contribution in [0.5, 0.6) is 0 Å². The lowest BCUT2D eigenvalue weighted by atomic mass is 10.0. The molecule has 1 heterocycles. The lowest BCUT2D eigenvalue weighted by Crippen LogP contribution is -2.20. The van der Waals surface area contributed by atoms with Crippen molar-refractivity contribution in [3.63, 3.8) is 0 Å². The molecule has 0 radical (unpaired) electrons. The minimum absolute atomic E-state index is 0.222. The Kier molecular flexibility index (Phi) is 4.00. The molecule has 5 nitrogen and oxygen atoms in total. The Hall–Kier alpha value is -2.13. The Bertz CT molecular complexity index is 901.